The summed E-state index contributed by atoms with van der Waals surface area (Å²) in [6, 6.07) is 5.54. The number of methoxy groups -OCH3 is 1. The van der Waals surface area contributed by atoms with E-state index in [1.807, 2.05) is 25.1 Å². The van der Waals surface area contributed by atoms with Crippen LogP contribution in [0.3, 0.4) is 0 Å². The molecule has 6 nitrogen and oxygen atoms in total. The molecule has 6 heteroatoms. The van der Waals surface area contributed by atoms with Crippen molar-refractivity contribution >= 4 is 5.97 Å². The molecule has 0 fully saturated rings. The Balaban J connectivity index is 2.57. The maximum absolute atomic E-state index is 12.0. The summed E-state index contributed by atoms with van der Waals surface area (Å²) in [4.78, 5) is 29.7. The largest absolute Gasteiger partial charge is 0.496 e. The van der Waals surface area contributed by atoms with Gasteiger partial charge in [0.15, 0.2) is 0 Å². The standard InChI is InChI=1S/C15H16N2O4/c1-8-4-5-10(12(6-8)21-3)14-16-9(2)11(7-13(18)19)15(20)17-14/h4-6H,7H2,1-3H3,(H,18,19)(H,16,17,20). The summed E-state index contributed by atoms with van der Waals surface area (Å²) >= 11 is 0. The molecule has 2 N–H and O–H groups in total. The van der Waals surface area contributed by atoms with Gasteiger partial charge in [-0.2, -0.15) is 0 Å². The summed E-state index contributed by atoms with van der Waals surface area (Å²) in [6.07, 6.45) is -0.348. The van der Waals surface area contributed by atoms with Gasteiger partial charge >= 0.3 is 5.97 Å². The molecule has 0 spiro atoms. The van der Waals surface area contributed by atoms with Crippen molar-refractivity contribution in [2.45, 2.75) is 20.3 Å². The summed E-state index contributed by atoms with van der Waals surface area (Å²) < 4.78 is 5.30. The van der Waals surface area contributed by atoms with Crippen LogP contribution >= 0.6 is 0 Å². The molecular weight excluding hydrogens is 272 g/mol. The van der Waals surface area contributed by atoms with Crippen LogP contribution in [0.25, 0.3) is 11.4 Å². The molecule has 0 aliphatic rings. The van der Waals surface area contributed by atoms with Crippen LogP contribution in [0.1, 0.15) is 16.8 Å². The highest BCUT2D eigenvalue weighted by Crippen LogP contribution is 2.28. The average Bonchev–Trinajstić information content (AvgIpc) is 2.42. The van der Waals surface area contributed by atoms with Crippen molar-refractivity contribution in [2.75, 3.05) is 7.11 Å². The van der Waals surface area contributed by atoms with Crippen molar-refractivity contribution in [1.82, 2.24) is 9.97 Å². The summed E-state index contributed by atoms with van der Waals surface area (Å²) in [7, 11) is 1.54. The smallest absolute Gasteiger partial charge is 0.308 e. The lowest BCUT2D eigenvalue weighted by molar-refractivity contribution is -0.136. The summed E-state index contributed by atoms with van der Waals surface area (Å²) in [5.41, 5.74) is 1.81. The minimum Gasteiger partial charge on any atom is -0.496 e. The Kier molecular flexibility index (Phi) is 4.07. The van der Waals surface area contributed by atoms with E-state index in [9.17, 15) is 9.59 Å². The summed E-state index contributed by atoms with van der Waals surface area (Å²) in [5, 5.41) is 8.81. The molecule has 0 saturated carbocycles. The number of hydrogen-bond acceptors (Lipinski definition) is 4. The lowest BCUT2D eigenvalue weighted by Crippen LogP contribution is -2.20. The Hall–Kier alpha value is -2.63. The molecule has 0 bridgehead atoms. The molecule has 0 unspecified atom stereocenters. The fourth-order valence-corrected chi connectivity index (χ4v) is 2.09. The Morgan fingerprint density at radius 2 is 2.10 bits per heavy atom. The summed E-state index contributed by atoms with van der Waals surface area (Å²) in [5.74, 6) is -0.0990. The second-order valence-electron chi connectivity index (χ2n) is 4.75. The number of aliphatic carboxylic acids is 1. The number of carbonyl (C=O) groups is 1. The number of aromatic nitrogens is 2. The zero-order valence-electron chi connectivity index (χ0n) is 12.1. The van der Waals surface area contributed by atoms with Crippen molar-refractivity contribution in [3.8, 4) is 17.1 Å². The lowest BCUT2D eigenvalue weighted by Gasteiger charge is -2.10. The predicted molar refractivity (Wildman–Crippen MR) is 77.7 cm³/mol. The highest BCUT2D eigenvalue weighted by molar-refractivity contribution is 5.71. The van der Waals surface area contributed by atoms with E-state index in [1.165, 1.54) is 0 Å². The Morgan fingerprint density at radius 3 is 2.67 bits per heavy atom. The number of ether oxygens (including phenoxy) is 1. The second-order valence-corrected chi connectivity index (χ2v) is 4.75. The van der Waals surface area contributed by atoms with Gasteiger partial charge < -0.3 is 14.8 Å². The highest BCUT2D eigenvalue weighted by Gasteiger charge is 2.14. The van der Waals surface area contributed by atoms with Crippen LogP contribution in [-0.4, -0.2) is 28.2 Å². The topological polar surface area (TPSA) is 92.3 Å². The van der Waals surface area contributed by atoms with Gasteiger partial charge in [-0.25, -0.2) is 4.98 Å². The molecule has 0 aliphatic carbocycles. The number of rotatable bonds is 4. The van der Waals surface area contributed by atoms with Crippen molar-refractivity contribution in [3.05, 3.63) is 45.4 Å². The number of nitrogens with one attached hydrogen (secondary N) is 1. The molecule has 1 aromatic heterocycles. The monoisotopic (exact) mass is 288 g/mol. The Bertz CT molecular complexity index is 750. The van der Waals surface area contributed by atoms with Crippen LogP contribution in [-0.2, 0) is 11.2 Å². The highest BCUT2D eigenvalue weighted by atomic mass is 16.5. The van der Waals surface area contributed by atoms with Gasteiger partial charge in [-0.15, -0.1) is 0 Å². The average molecular weight is 288 g/mol. The van der Waals surface area contributed by atoms with Crippen molar-refractivity contribution < 1.29 is 14.6 Å². The maximum atomic E-state index is 12.0. The molecule has 0 amide bonds. The van der Waals surface area contributed by atoms with Gasteiger partial charge in [-0.05, 0) is 31.5 Å². The molecule has 110 valence electrons. The molecule has 0 saturated heterocycles. The van der Waals surface area contributed by atoms with Gasteiger partial charge in [-0.3, -0.25) is 9.59 Å². The molecular formula is C15H16N2O4. The molecule has 0 aliphatic heterocycles. The van der Waals surface area contributed by atoms with E-state index >= 15 is 0 Å². The van der Waals surface area contributed by atoms with Gasteiger partial charge in [0.25, 0.3) is 5.56 Å². The van der Waals surface area contributed by atoms with Crippen LogP contribution in [0.2, 0.25) is 0 Å². The minimum absolute atomic E-state index is 0.164. The SMILES string of the molecule is COc1cc(C)ccc1-c1nc(C)c(CC(=O)O)c(=O)[nH]1. The number of aryl methyl sites for hydroxylation is 2. The molecule has 2 rings (SSSR count). The predicted octanol–water partition coefficient (Wildman–Crippen LogP) is 1.69. The third-order valence-corrected chi connectivity index (χ3v) is 3.16. The summed E-state index contributed by atoms with van der Waals surface area (Å²) in [6.45, 7) is 3.56. The lowest BCUT2D eigenvalue weighted by atomic mass is 10.1. The normalized spacial score (nSPS) is 10.4. The van der Waals surface area contributed by atoms with Gasteiger partial charge in [0, 0.05) is 11.3 Å². The first-order chi connectivity index (χ1) is 9.92. The third kappa shape index (κ3) is 3.10. The number of nitrogens with zero attached hydrogens (tertiary/aromatic N) is 1. The van der Waals surface area contributed by atoms with E-state index in [1.54, 1.807) is 14.0 Å². The molecule has 0 atom stereocenters. The second kappa shape index (κ2) is 5.78. The van der Waals surface area contributed by atoms with Crippen LogP contribution in [0, 0.1) is 13.8 Å². The fourth-order valence-electron chi connectivity index (χ4n) is 2.09. The van der Waals surface area contributed by atoms with Gasteiger partial charge in [-0.1, -0.05) is 6.07 Å². The molecule has 1 heterocycles. The van der Waals surface area contributed by atoms with Gasteiger partial charge in [0.1, 0.15) is 11.6 Å². The van der Waals surface area contributed by atoms with E-state index in [0.717, 1.165) is 5.56 Å². The Morgan fingerprint density at radius 1 is 1.38 bits per heavy atom. The number of H-pyrrole nitrogens is 1. The van der Waals surface area contributed by atoms with Crippen molar-refractivity contribution in [2.24, 2.45) is 0 Å². The quantitative estimate of drug-likeness (QED) is 0.893. The first kappa shape index (κ1) is 14.8. The van der Waals surface area contributed by atoms with Crippen molar-refractivity contribution in [3.63, 3.8) is 0 Å². The van der Waals surface area contributed by atoms with Gasteiger partial charge in [0.05, 0.1) is 19.1 Å². The first-order valence-corrected chi connectivity index (χ1v) is 6.39. The number of carboxylic acid groups (broad SMARTS) is 1. The molecule has 2 aromatic rings. The van der Waals surface area contributed by atoms with E-state index in [4.69, 9.17) is 9.84 Å². The zero-order chi connectivity index (χ0) is 15.6. The zero-order valence-corrected chi connectivity index (χ0v) is 12.1. The van der Waals surface area contributed by atoms with E-state index in [-0.39, 0.29) is 12.0 Å². The van der Waals surface area contributed by atoms with Crippen LogP contribution in [0.15, 0.2) is 23.0 Å². The molecule has 1 aromatic carbocycles. The third-order valence-electron chi connectivity index (χ3n) is 3.16. The van der Waals surface area contributed by atoms with E-state index < -0.39 is 11.5 Å². The van der Waals surface area contributed by atoms with Crippen LogP contribution in [0.4, 0.5) is 0 Å². The number of benzene rings is 1. The molecule has 21 heavy (non-hydrogen) atoms. The van der Waals surface area contributed by atoms with Crippen LogP contribution < -0.4 is 10.3 Å². The van der Waals surface area contributed by atoms with E-state index in [0.29, 0.717) is 22.8 Å². The maximum Gasteiger partial charge on any atom is 0.308 e. The fraction of sp³-hybridized carbons (Fsp3) is 0.267. The number of hydrogen-bond donors (Lipinski definition) is 2. The minimum atomic E-state index is -1.06. The van der Waals surface area contributed by atoms with E-state index in [2.05, 4.69) is 9.97 Å². The number of aromatic amines is 1. The molecule has 0 radical (unpaired) electrons. The Labute approximate surface area is 121 Å². The first-order valence-electron chi connectivity index (χ1n) is 6.39. The van der Waals surface area contributed by atoms with Crippen LogP contribution in [0.5, 0.6) is 5.75 Å². The van der Waals surface area contributed by atoms with Crippen molar-refractivity contribution in [1.29, 1.82) is 0 Å². The number of carboxylic acids is 1. The van der Waals surface area contributed by atoms with Gasteiger partial charge in [0.2, 0.25) is 0 Å².